The molecule has 0 aromatic heterocycles. The zero-order valence-corrected chi connectivity index (χ0v) is 11.8. The fourth-order valence-electron chi connectivity index (χ4n) is 2.25. The smallest absolute Gasteiger partial charge is 0.271 e. The van der Waals surface area contributed by atoms with E-state index in [1.54, 1.807) is 6.92 Å². The van der Waals surface area contributed by atoms with Gasteiger partial charge in [-0.1, -0.05) is 6.07 Å². The number of non-ortho nitro benzene ring substituents is 1. The van der Waals surface area contributed by atoms with E-state index in [-0.39, 0.29) is 5.69 Å². The van der Waals surface area contributed by atoms with Gasteiger partial charge in [0.15, 0.2) is 6.23 Å². The van der Waals surface area contributed by atoms with Crippen LogP contribution in [0.15, 0.2) is 18.2 Å². The molecule has 0 bridgehead atoms. The Labute approximate surface area is 125 Å². The highest BCUT2D eigenvalue weighted by Crippen LogP contribution is 2.27. The van der Waals surface area contributed by atoms with E-state index in [0.717, 1.165) is 0 Å². The molecule has 9 nitrogen and oxygen atoms in total. The van der Waals surface area contributed by atoms with Crippen molar-refractivity contribution in [2.45, 2.75) is 37.6 Å². The Kier molecular flexibility index (Phi) is 4.94. The summed E-state index contributed by atoms with van der Waals surface area (Å²) in [6.07, 6.45) is -6.60. The SMILES string of the molecule is Cc1ccc([N+](=O)[O-])cc1N[C@H]1O[C@@H](CO)[C@@H](O)[C@@H](O)[C@H]1O. The molecule has 1 aliphatic heterocycles. The summed E-state index contributed by atoms with van der Waals surface area (Å²) in [6, 6.07) is 4.15. The van der Waals surface area contributed by atoms with Crippen molar-refractivity contribution in [3.8, 4) is 0 Å². The molecule has 9 heteroatoms. The number of nitro benzene ring substituents is 1. The predicted molar refractivity (Wildman–Crippen MR) is 75.2 cm³/mol. The highest BCUT2D eigenvalue weighted by molar-refractivity contribution is 5.57. The fraction of sp³-hybridized carbons (Fsp3) is 0.538. The van der Waals surface area contributed by atoms with Crippen molar-refractivity contribution in [1.29, 1.82) is 0 Å². The van der Waals surface area contributed by atoms with Crippen LogP contribution in [0.2, 0.25) is 0 Å². The summed E-state index contributed by atoms with van der Waals surface area (Å²) in [5.74, 6) is 0. The van der Waals surface area contributed by atoms with Crippen molar-refractivity contribution in [2.24, 2.45) is 0 Å². The van der Waals surface area contributed by atoms with E-state index < -0.39 is 42.2 Å². The quantitative estimate of drug-likeness (QED) is 0.355. The molecule has 0 unspecified atom stereocenters. The summed E-state index contributed by atoms with van der Waals surface area (Å²) in [4.78, 5) is 10.2. The zero-order chi connectivity index (χ0) is 16.4. The van der Waals surface area contributed by atoms with Gasteiger partial charge in [-0.2, -0.15) is 0 Å². The molecule has 1 saturated heterocycles. The van der Waals surface area contributed by atoms with Crippen LogP contribution < -0.4 is 5.32 Å². The number of hydrogen-bond acceptors (Lipinski definition) is 8. The molecule has 1 aromatic rings. The number of hydrogen-bond donors (Lipinski definition) is 5. The number of aryl methyl sites for hydroxylation is 1. The van der Waals surface area contributed by atoms with Crippen LogP contribution >= 0.6 is 0 Å². The largest absolute Gasteiger partial charge is 0.394 e. The molecule has 5 N–H and O–H groups in total. The van der Waals surface area contributed by atoms with Crippen LogP contribution in [0.5, 0.6) is 0 Å². The first-order valence-electron chi connectivity index (χ1n) is 6.67. The lowest BCUT2D eigenvalue weighted by atomic mass is 9.98. The number of nitrogens with zero attached hydrogens (tertiary/aromatic N) is 1. The van der Waals surface area contributed by atoms with Gasteiger partial charge in [-0.15, -0.1) is 0 Å². The molecular formula is C13H18N2O7. The van der Waals surface area contributed by atoms with Crippen LogP contribution in [0.1, 0.15) is 5.56 Å². The van der Waals surface area contributed by atoms with Crippen molar-refractivity contribution in [3.63, 3.8) is 0 Å². The van der Waals surface area contributed by atoms with Gasteiger partial charge in [0.2, 0.25) is 0 Å². The van der Waals surface area contributed by atoms with Crippen LogP contribution in [-0.2, 0) is 4.74 Å². The van der Waals surface area contributed by atoms with Gasteiger partial charge in [0.1, 0.15) is 24.4 Å². The molecular weight excluding hydrogens is 296 g/mol. The van der Waals surface area contributed by atoms with Crippen LogP contribution in [0.4, 0.5) is 11.4 Å². The van der Waals surface area contributed by atoms with Gasteiger partial charge in [0, 0.05) is 17.8 Å². The number of aliphatic hydroxyl groups is 4. The Morgan fingerprint density at radius 3 is 2.55 bits per heavy atom. The standard InChI is InChI=1S/C13H18N2O7/c1-6-2-3-7(15(20)21)4-8(6)14-13-12(19)11(18)10(17)9(5-16)22-13/h2-4,9-14,16-19H,5H2,1H3/t9-,10+,11+,12+,13-/m0/s1. The summed E-state index contributed by atoms with van der Waals surface area (Å²) in [5, 5.41) is 52.0. The molecule has 1 aromatic carbocycles. The minimum Gasteiger partial charge on any atom is -0.394 e. The number of nitrogens with one attached hydrogen (secondary N) is 1. The van der Waals surface area contributed by atoms with E-state index in [4.69, 9.17) is 9.84 Å². The second-order valence-electron chi connectivity index (χ2n) is 5.15. The van der Waals surface area contributed by atoms with Gasteiger partial charge in [0.25, 0.3) is 5.69 Å². The van der Waals surface area contributed by atoms with Crippen molar-refractivity contribution in [1.82, 2.24) is 0 Å². The number of rotatable bonds is 4. The Bertz CT molecular complexity index is 551. The summed E-state index contributed by atoms with van der Waals surface area (Å²) < 4.78 is 5.30. The molecule has 0 saturated carbocycles. The highest BCUT2D eigenvalue weighted by Gasteiger charge is 2.43. The number of nitro groups is 1. The van der Waals surface area contributed by atoms with Crippen LogP contribution in [0.3, 0.4) is 0 Å². The number of anilines is 1. The maximum Gasteiger partial charge on any atom is 0.271 e. The predicted octanol–water partition coefficient (Wildman–Crippen LogP) is -0.885. The average Bonchev–Trinajstić information content (AvgIpc) is 2.49. The lowest BCUT2D eigenvalue weighted by Gasteiger charge is -2.40. The second-order valence-corrected chi connectivity index (χ2v) is 5.15. The lowest BCUT2D eigenvalue weighted by Crippen LogP contribution is -2.60. The van der Waals surface area contributed by atoms with Crippen LogP contribution in [-0.4, -0.2) is 62.6 Å². The molecule has 2 rings (SSSR count). The molecule has 0 aliphatic carbocycles. The number of ether oxygens (including phenoxy) is 1. The van der Waals surface area contributed by atoms with Crippen molar-refractivity contribution in [2.75, 3.05) is 11.9 Å². The molecule has 1 fully saturated rings. The third-order valence-electron chi connectivity index (χ3n) is 3.62. The Morgan fingerprint density at radius 2 is 1.95 bits per heavy atom. The molecule has 0 amide bonds. The van der Waals surface area contributed by atoms with Crippen LogP contribution in [0, 0.1) is 17.0 Å². The molecule has 1 heterocycles. The third kappa shape index (κ3) is 3.18. The van der Waals surface area contributed by atoms with E-state index in [1.807, 2.05) is 0 Å². The van der Waals surface area contributed by atoms with Gasteiger partial charge in [-0.3, -0.25) is 10.1 Å². The number of aliphatic hydroxyl groups excluding tert-OH is 4. The molecule has 0 spiro atoms. The first-order valence-corrected chi connectivity index (χ1v) is 6.67. The average molecular weight is 314 g/mol. The van der Waals surface area contributed by atoms with Gasteiger partial charge in [0.05, 0.1) is 11.5 Å². The van der Waals surface area contributed by atoms with Crippen molar-refractivity contribution in [3.05, 3.63) is 33.9 Å². The summed E-state index contributed by atoms with van der Waals surface area (Å²) in [6.45, 7) is 1.16. The Balaban J connectivity index is 2.22. The maximum atomic E-state index is 10.8. The first-order chi connectivity index (χ1) is 10.3. The van der Waals surface area contributed by atoms with E-state index in [0.29, 0.717) is 11.3 Å². The molecule has 0 radical (unpaired) electrons. The van der Waals surface area contributed by atoms with Gasteiger partial charge < -0.3 is 30.5 Å². The Hall–Kier alpha value is -1.78. The molecule has 22 heavy (non-hydrogen) atoms. The normalized spacial score (nSPS) is 31.8. The van der Waals surface area contributed by atoms with E-state index in [9.17, 15) is 25.4 Å². The first kappa shape index (κ1) is 16.6. The van der Waals surface area contributed by atoms with Crippen molar-refractivity contribution >= 4 is 11.4 Å². The molecule has 1 aliphatic rings. The van der Waals surface area contributed by atoms with Crippen molar-refractivity contribution < 1.29 is 30.1 Å². The molecule has 122 valence electrons. The molecule has 5 atom stereocenters. The number of benzene rings is 1. The highest BCUT2D eigenvalue weighted by atomic mass is 16.6. The minimum absolute atomic E-state index is 0.141. The maximum absolute atomic E-state index is 10.8. The second kappa shape index (κ2) is 6.55. The van der Waals surface area contributed by atoms with E-state index >= 15 is 0 Å². The monoisotopic (exact) mass is 314 g/mol. The van der Waals surface area contributed by atoms with Gasteiger partial charge in [-0.25, -0.2) is 0 Å². The summed E-state index contributed by atoms with van der Waals surface area (Å²) in [5.41, 5.74) is 0.874. The van der Waals surface area contributed by atoms with E-state index in [2.05, 4.69) is 5.32 Å². The van der Waals surface area contributed by atoms with Gasteiger partial charge >= 0.3 is 0 Å². The topological polar surface area (TPSA) is 145 Å². The lowest BCUT2D eigenvalue weighted by molar-refractivity contribution is -0.384. The minimum atomic E-state index is -1.51. The summed E-state index contributed by atoms with van der Waals surface area (Å²) in [7, 11) is 0. The Morgan fingerprint density at radius 1 is 1.27 bits per heavy atom. The summed E-state index contributed by atoms with van der Waals surface area (Å²) >= 11 is 0. The fourth-order valence-corrected chi connectivity index (χ4v) is 2.25. The van der Waals surface area contributed by atoms with Crippen LogP contribution in [0.25, 0.3) is 0 Å². The third-order valence-corrected chi connectivity index (χ3v) is 3.62. The van der Waals surface area contributed by atoms with E-state index in [1.165, 1.54) is 18.2 Å². The zero-order valence-electron chi connectivity index (χ0n) is 11.8. The van der Waals surface area contributed by atoms with Gasteiger partial charge in [-0.05, 0) is 12.5 Å².